The molecule has 1 aromatic carbocycles. The molecule has 1 heterocycles. The average Bonchev–Trinajstić information content (AvgIpc) is 2.56. The molecule has 1 aromatic rings. The monoisotopic (exact) mass is 342 g/mol. The van der Waals surface area contributed by atoms with Gasteiger partial charge in [0.15, 0.2) is 0 Å². The SMILES string of the molecule is CCOc1ccccc1CN(C)C(=O)C1(CN)CCOCC1.Cl. The van der Waals surface area contributed by atoms with E-state index in [1.54, 1.807) is 4.90 Å². The number of benzene rings is 1. The molecule has 1 aliphatic heterocycles. The zero-order valence-corrected chi connectivity index (χ0v) is 14.7. The molecule has 2 rings (SSSR count). The van der Waals surface area contributed by atoms with E-state index >= 15 is 0 Å². The van der Waals surface area contributed by atoms with Crippen LogP contribution < -0.4 is 10.5 Å². The third-order valence-corrected chi connectivity index (χ3v) is 4.32. The predicted octanol–water partition coefficient (Wildman–Crippen LogP) is 2.22. The van der Waals surface area contributed by atoms with Crippen LogP contribution >= 0.6 is 12.4 Å². The third-order valence-electron chi connectivity index (χ3n) is 4.32. The maximum absolute atomic E-state index is 12.9. The van der Waals surface area contributed by atoms with Gasteiger partial charge in [0, 0.05) is 38.9 Å². The van der Waals surface area contributed by atoms with Crippen LogP contribution in [0.5, 0.6) is 5.75 Å². The lowest BCUT2D eigenvalue weighted by atomic mass is 9.79. The highest BCUT2D eigenvalue weighted by Gasteiger charge is 2.40. The smallest absolute Gasteiger partial charge is 0.230 e. The molecule has 0 unspecified atom stereocenters. The Morgan fingerprint density at radius 2 is 2.00 bits per heavy atom. The lowest BCUT2D eigenvalue weighted by Gasteiger charge is -2.37. The first-order valence-electron chi connectivity index (χ1n) is 7.87. The molecule has 0 radical (unpaired) electrons. The fourth-order valence-electron chi connectivity index (χ4n) is 2.93. The van der Waals surface area contributed by atoms with E-state index in [9.17, 15) is 4.79 Å². The van der Waals surface area contributed by atoms with Crippen LogP contribution in [0.15, 0.2) is 24.3 Å². The van der Waals surface area contributed by atoms with Crippen LogP contribution in [-0.2, 0) is 16.1 Å². The Hall–Kier alpha value is -1.30. The van der Waals surface area contributed by atoms with Crippen molar-refractivity contribution in [2.75, 3.05) is 33.4 Å². The molecule has 0 aliphatic carbocycles. The van der Waals surface area contributed by atoms with Gasteiger partial charge in [0.2, 0.25) is 5.91 Å². The molecule has 1 amide bonds. The van der Waals surface area contributed by atoms with Gasteiger partial charge in [-0.1, -0.05) is 18.2 Å². The second-order valence-corrected chi connectivity index (χ2v) is 5.80. The van der Waals surface area contributed by atoms with E-state index < -0.39 is 5.41 Å². The van der Waals surface area contributed by atoms with E-state index in [0.717, 1.165) is 11.3 Å². The minimum Gasteiger partial charge on any atom is -0.494 e. The Morgan fingerprint density at radius 3 is 2.61 bits per heavy atom. The van der Waals surface area contributed by atoms with Gasteiger partial charge in [0.25, 0.3) is 0 Å². The summed E-state index contributed by atoms with van der Waals surface area (Å²) in [4.78, 5) is 14.6. The van der Waals surface area contributed by atoms with Crippen molar-refractivity contribution in [3.8, 4) is 5.75 Å². The summed E-state index contributed by atoms with van der Waals surface area (Å²) >= 11 is 0. The van der Waals surface area contributed by atoms with Crippen LogP contribution in [0.2, 0.25) is 0 Å². The van der Waals surface area contributed by atoms with Crippen molar-refractivity contribution >= 4 is 18.3 Å². The van der Waals surface area contributed by atoms with Gasteiger partial charge < -0.3 is 20.1 Å². The zero-order chi connectivity index (χ0) is 16.0. The minimum absolute atomic E-state index is 0. The number of hydrogen-bond donors (Lipinski definition) is 1. The standard InChI is InChI=1S/C17H26N2O3.ClH/c1-3-22-15-7-5-4-6-14(15)12-19(2)16(20)17(13-18)8-10-21-11-9-17;/h4-7H,3,8-13,18H2,1-2H3;1H. The van der Waals surface area contributed by atoms with Crippen LogP contribution in [0, 0.1) is 5.41 Å². The number of amides is 1. The molecule has 0 atom stereocenters. The number of nitrogens with two attached hydrogens (primary N) is 1. The second-order valence-electron chi connectivity index (χ2n) is 5.80. The van der Waals surface area contributed by atoms with Gasteiger partial charge in [0.05, 0.1) is 12.0 Å². The predicted molar refractivity (Wildman–Crippen MR) is 92.9 cm³/mol. The lowest BCUT2D eigenvalue weighted by Crippen LogP contribution is -2.49. The van der Waals surface area contributed by atoms with Crippen molar-refractivity contribution in [3.05, 3.63) is 29.8 Å². The van der Waals surface area contributed by atoms with Crippen molar-refractivity contribution in [3.63, 3.8) is 0 Å². The summed E-state index contributed by atoms with van der Waals surface area (Å²) < 4.78 is 11.0. The summed E-state index contributed by atoms with van der Waals surface area (Å²) in [6.45, 7) is 4.67. The second kappa shape index (κ2) is 9.11. The first-order valence-corrected chi connectivity index (χ1v) is 7.87. The highest BCUT2D eigenvalue weighted by Crippen LogP contribution is 2.32. The molecule has 0 aromatic heterocycles. The topological polar surface area (TPSA) is 64.8 Å². The number of carbonyl (C=O) groups is 1. The normalized spacial score (nSPS) is 16.3. The number of nitrogens with zero attached hydrogens (tertiary/aromatic N) is 1. The quantitative estimate of drug-likeness (QED) is 0.861. The summed E-state index contributed by atoms with van der Waals surface area (Å²) in [5.41, 5.74) is 6.45. The molecule has 5 nitrogen and oxygen atoms in total. The number of ether oxygens (including phenoxy) is 2. The van der Waals surface area contributed by atoms with Crippen molar-refractivity contribution < 1.29 is 14.3 Å². The van der Waals surface area contributed by atoms with Gasteiger partial charge in [-0.3, -0.25) is 4.79 Å². The maximum Gasteiger partial charge on any atom is 0.230 e. The van der Waals surface area contributed by atoms with Gasteiger partial charge in [0.1, 0.15) is 5.75 Å². The van der Waals surface area contributed by atoms with Crippen LogP contribution in [0.1, 0.15) is 25.3 Å². The van der Waals surface area contributed by atoms with Crippen molar-refractivity contribution in [1.82, 2.24) is 4.90 Å². The molecule has 2 N–H and O–H groups in total. The number of rotatable bonds is 6. The first kappa shape index (κ1) is 19.7. The van der Waals surface area contributed by atoms with Gasteiger partial charge in [-0.15, -0.1) is 12.4 Å². The van der Waals surface area contributed by atoms with Crippen molar-refractivity contribution in [1.29, 1.82) is 0 Å². The van der Waals surface area contributed by atoms with Crippen LogP contribution in [-0.4, -0.2) is 44.2 Å². The molecular formula is C17H27ClN2O3. The van der Waals surface area contributed by atoms with Crippen LogP contribution in [0.3, 0.4) is 0 Å². The molecule has 0 bridgehead atoms. The molecule has 1 saturated heterocycles. The van der Waals surface area contributed by atoms with Gasteiger partial charge in [-0.2, -0.15) is 0 Å². The molecule has 0 spiro atoms. The van der Waals surface area contributed by atoms with Crippen molar-refractivity contribution in [2.24, 2.45) is 11.1 Å². The number of halogens is 1. The minimum atomic E-state index is -0.479. The van der Waals surface area contributed by atoms with E-state index in [1.807, 2.05) is 38.2 Å². The number of carbonyl (C=O) groups excluding carboxylic acids is 1. The Bertz CT molecular complexity index is 504. The van der Waals surface area contributed by atoms with Crippen LogP contribution in [0.4, 0.5) is 0 Å². The van der Waals surface area contributed by atoms with E-state index in [0.29, 0.717) is 45.8 Å². The fraction of sp³-hybridized carbons (Fsp3) is 0.588. The average molecular weight is 343 g/mol. The summed E-state index contributed by atoms with van der Waals surface area (Å²) in [5, 5.41) is 0. The summed E-state index contributed by atoms with van der Waals surface area (Å²) in [5.74, 6) is 0.933. The third kappa shape index (κ3) is 4.59. The fourth-order valence-corrected chi connectivity index (χ4v) is 2.93. The Kier molecular flexibility index (Phi) is 7.82. The molecule has 130 valence electrons. The summed E-state index contributed by atoms with van der Waals surface area (Å²) in [6.07, 6.45) is 1.39. The number of hydrogen-bond acceptors (Lipinski definition) is 4. The molecule has 6 heteroatoms. The van der Waals surface area contributed by atoms with E-state index in [-0.39, 0.29) is 18.3 Å². The van der Waals surface area contributed by atoms with E-state index in [2.05, 4.69) is 0 Å². The maximum atomic E-state index is 12.9. The lowest BCUT2D eigenvalue weighted by molar-refractivity contribution is -0.146. The van der Waals surface area contributed by atoms with Gasteiger partial charge in [-0.25, -0.2) is 0 Å². The van der Waals surface area contributed by atoms with E-state index in [4.69, 9.17) is 15.2 Å². The molecule has 1 aliphatic rings. The molecule has 1 fully saturated rings. The Balaban J connectivity index is 0.00000264. The molecular weight excluding hydrogens is 316 g/mol. The zero-order valence-electron chi connectivity index (χ0n) is 13.9. The highest BCUT2D eigenvalue weighted by atomic mass is 35.5. The van der Waals surface area contributed by atoms with Crippen molar-refractivity contribution in [2.45, 2.75) is 26.3 Å². The Labute approximate surface area is 144 Å². The molecule has 23 heavy (non-hydrogen) atoms. The Morgan fingerprint density at radius 1 is 1.35 bits per heavy atom. The van der Waals surface area contributed by atoms with E-state index in [1.165, 1.54) is 0 Å². The largest absolute Gasteiger partial charge is 0.494 e. The highest BCUT2D eigenvalue weighted by molar-refractivity contribution is 5.85. The number of para-hydroxylation sites is 1. The van der Waals surface area contributed by atoms with Gasteiger partial charge in [-0.05, 0) is 25.8 Å². The van der Waals surface area contributed by atoms with Gasteiger partial charge >= 0.3 is 0 Å². The first-order chi connectivity index (χ1) is 10.6. The summed E-state index contributed by atoms with van der Waals surface area (Å²) in [6, 6.07) is 7.83. The summed E-state index contributed by atoms with van der Waals surface area (Å²) in [7, 11) is 1.83. The van der Waals surface area contributed by atoms with Crippen LogP contribution in [0.25, 0.3) is 0 Å². The molecule has 0 saturated carbocycles.